The first kappa shape index (κ1) is 18.9. The van der Waals surface area contributed by atoms with Gasteiger partial charge in [0.2, 0.25) is 0 Å². The van der Waals surface area contributed by atoms with E-state index in [0.717, 1.165) is 0 Å². The van der Waals surface area contributed by atoms with E-state index in [9.17, 15) is 4.79 Å². The lowest BCUT2D eigenvalue weighted by molar-refractivity contribution is 0.227. The lowest BCUT2D eigenvalue weighted by atomic mass is 10.3. The number of urea groups is 1. The zero-order chi connectivity index (χ0) is 17.9. The van der Waals surface area contributed by atoms with Crippen molar-refractivity contribution in [2.24, 2.45) is 4.99 Å². The van der Waals surface area contributed by atoms with Crippen molar-refractivity contribution in [3.05, 3.63) is 56.5 Å². The van der Waals surface area contributed by atoms with Gasteiger partial charge in [-0.15, -0.1) is 0 Å². The fourth-order valence-electron chi connectivity index (χ4n) is 1.77. The molecular formula is C16H13Cl4N3O. The molecule has 0 aliphatic carbocycles. The maximum Gasteiger partial charge on any atom is 0.329 e. The predicted molar refractivity (Wildman–Crippen MR) is 103 cm³/mol. The first-order valence-electron chi connectivity index (χ1n) is 6.74. The number of rotatable bonds is 3. The van der Waals surface area contributed by atoms with Crippen LogP contribution in [0, 0.1) is 0 Å². The van der Waals surface area contributed by atoms with E-state index < -0.39 is 0 Å². The van der Waals surface area contributed by atoms with Gasteiger partial charge in [-0.05, 0) is 36.4 Å². The first-order valence-corrected chi connectivity index (χ1v) is 8.25. The van der Waals surface area contributed by atoms with E-state index in [1.54, 1.807) is 50.5 Å². The summed E-state index contributed by atoms with van der Waals surface area (Å²) in [4.78, 5) is 19.5. The SMILES string of the molecule is CN(C)C(=O)N(C=Nc1ccc(Cl)c(Cl)c1)c1ccc(Cl)c(Cl)c1. The van der Waals surface area contributed by atoms with Gasteiger partial charge in [0.05, 0.1) is 31.5 Å². The van der Waals surface area contributed by atoms with Gasteiger partial charge in [0.25, 0.3) is 0 Å². The van der Waals surface area contributed by atoms with Crippen molar-refractivity contribution in [3.63, 3.8) is 0 Å². The molecule has 2 aromatic rings. The highest BCUT2D eigenvalue weighted by molar-refractivity contribution is 6.42. The highest BCUT2D eigenvalue weighted by atomic mass is 35.5. The molecule has 0 radical (unpaired) electrons. The van der Waals surface area contributed by atoms with Crippen LogP contribution in [0.4, 0.5) is 16.2 Å². The Morgan fingerprint density at radius 3 is 2.04 bits per heavy atom. The Morgan fingerprint density at radius 2 is 1.50 bits per heavy atom. The average molecular weight is 405 g/mol. The van der Waals surface area contributed by atoms with Crippen molar-refractivity contribution in [2.75, 3.05) is 19.0 Å². The second kappa shape index (κ2) is 8.08. The number of carbonyl (C=O) groups excluding carboxylic acids is 1. The molecule has 0 saturated heterocycles. The van der Waals surface area contributed by atoms with Crippen molar-refractivity contribution in [1.82, 2.24) is 4.90 Å². The summed E-state index contributed by atoms with van der Waals surface area (Å²) >= 11 is 23.8. The quantitative estimate of drug-likeness (QED) is 0.446. The summed E-state index contributed by atoms with van der Waals surface area (Å²) in [5, 5.41) is 1.56. The molecule has 4 nitrogen and oxygen atoms in total. The zero-order valence-electron chi connectivity index (χ0n) is 12.8. The van der Waals surface area contributed by atoms with E-state index in [0.29, 0.717) is 31.5 Å². The Bertz CT molecular complexity index is 793. The molecule has 0 atom stereocenters. The molecule has 126 valence electrons. The van der Waals surface area contributed by atoms with Gasteiger partial charge in [-0.1, -0.05) is 46.4 Å². The molecular weight excluding hydrogens is 392 g/mol. The number of nitrogens with zero attached hydrogens (tertiary/aromatic N) is 3. The zero-order valence-corrected chi connectivity index (χ0v) is 15.8. The Balaban J connectivity index is 2.39. The number of aliphatic imine (C=N–C) groups is 1. The van der Waals surface area contributed by atoms with Crippen LogP contribution in [0.15, 0.2) is 41.4 Å². The smallest absolute Gasteiger partial charge is 0.329 e. The van der Waals surface area contributed by atoms with Gasteiger partial charge in [0, 0.05) is 14.1 Å². The fourth-order valence-corrected chi connectivity index (χ4v) is 2.35. The summed E-state index contributed by atoms with van der Waals surface area (Å²) in [5.41, 5.74) is 1.09. The minimum Gasteiger partial charge on any atom is -0.330 e. The van der Waals surface area contributed by atoms with Crippen LogP contribution < -0.4 is 4.90 Å². The number of halogens is 4. The number of hydrogen-bond acceptors (Lipinski definition) is 2. The summed E-state index contributed by atoms with van der Waals surface area (Å²) in [6, 6.07) is 9.52. The van der Waals surface area contributed by atoms with Gasteiger partial charge in [-0.2, -0.15) is 0 Å². The van der Waals surface area contributed by atoms with E-state index >= 15 is 0 Å². The monoisotopic (exact) mass is 403 g/mol. The third kappa shape index (κ3) is 4.54. The number of anilines is 1. The number of amides is 2. The van der Waals surface area contributed by atoms with Crippen molar-refractivity contribution >= 4 is 70.1 Å². The highest BCUT2D eigenvalue weighted by Crippen LogP contribution is 2.29. The highest BCUT2D eigenvalue weighted by Gasteiger charge is 2.17. The van der Waals surface area contributed by atoms with Gasteiger partial charge in [-0.3, -0.25) is 4.90 Å². The maximum absolute atomic E-state index is 12.4. The van der Waals surface area contributed by atoms with Gasteiger partial charge in [0.15, 0.2) is 0 Å². The van der Waals surface area contributed by atoms with Crippen LogP contribution in [0.3, 0.4) is 0 Å². The Morgan fingerprint density at radius 1 is 0.917 bits per heavy atom. The lowest BCUT2D eigenvalue weighted by Gasteiger charge is -2.22. The molecule has 0 N–H and O–H groups in total. The molecule has 0 spiro atoms. The molecule has 2 amide bonds. The largest absolute Gasteiger partial charge is 0.330 e. The second-order valence-corrected chi connectivity index (χ2v) is 6.62. The molecule has 0 aromatic heterocycles. The van der Waals surface area contributed by atoms with E-state index in [1.807, 2.05) is 0 Å². The summed E-state index contributed by atoms with van der Waals surface area (Å²) < 4.78 is 0. The second-order valence-electron chi connectivity index (χ2n) is 4.99. The lowest BCUT2D eigenvalue weighted by Crippen LogP contribution is -2.38. The molecule has 0 fully saturated rings. The minimum absolute atomic E-state index is 0.294. The molecule has 2 aromatic carbocycles. The molecule has 8 heteroatoms. The van der Waals surface area contributed by atoms with E-state index in [1.165, 1.54) is 16.1 Å². The first-order chi connectivity index (χ1) is 11.3. The van der Waals surface area contributed by atoms with E-state index in [2.05, 4.69) is 4.99 Å². The van der Waals surface area contributed by atoms with Crippen molar-refractivity contribution in [3.8, 4) is 0 Å². The van der Waals surface area contributed by atoms with Crippen LogP contribution in [0.2, 0.25) is 20.1 Å². The van der Waals surface area contributed by atoms with Crippen molar-refractivity contribution < 1.29 is 4.79 Å². The van der Waals surface area contributed by atoms with Crippen LogP contribution in [-0.4, -0.2) is 31.4 Å². The number of carbonyl (C=O) groups is 1. The summed E-state index contributed by atoms with van der Waals surface area (Å²) in [6.07, 6.45) is 1.39. The molecule has 2 rings (SSSR count). The molecule has 0 bridgehead atoms. The Kier molecular flexibility index (Phi) is 6.35. The third-order valence-electron chi connectivity index (χ3n) is 3.00. The van der Waals surface area contributed by atoms with Gasteiger partial charge in [0.1, 0.15) is 6.34 Å². The topological polar surface area (TPSA) is 35.9 Å². The Hall–Kier alpha value is -1.46. The van der Waals surface area contributed by atoms with Gasteiger partial charge >= 0.3 is 6.03 Å². The van der Waals surface area contributed by atoms with Gasteiger partial charge in [-0.25, -0.2) is 9.79 Å². The van der Waals surface area contributed by atoms with Crippen LogP contribution >= 0.6 is 46.4 Å². The minimum atomic E-state index is -0.294. The fraction of sp³-hybridized carbons (Fsp3) is 0.125. The van der Waals surface area contributed by atoms with Crippen molar-refractivity contribution in [2.45, 2.75) is 0 Å². The van der Waals surface area contributed by atoms with Crippen molar-refractivity contribution in [1.29, 1.82) is 0 Å². The van der Waals surface area contributed by atoms with E-state index in [4.69, 9.17) is 46.4 Å². The standard InChI is InChI=1S/C16H13Cl4N3O/c1-22(2)16(24)23(11-4-6-13(18)15(20)8-11)9-21-10-3-5-12(17)14(19)7-10/h3-9H,1-2H3. The molecule has 24 heavy (non-hydrogen) atoms. The number of hydrogen-bond donors (Lipinski definition) is 0. The summed E-state index contributed by atoms with van der Waals surface area (Å²) in [5.74, 6) is 0. The molecule has 0 saturated carbocycles. The maximum atomic E-state index is 12.4. The van der Waals surface area contributed by atoms with Crippen LogP contribution in [0.5, 0.6) is 0 Å². The summed E-state index contributed by atoms with van der Waals surface area (Å²) in [6.45, 7) is 0. The van der Waals surface area contributed by atoms with Crippen LogP contribution in [0.25, 0.3) is 0 Å². The molecule has 0 aliphatic rings. The normalized spacial score (nSPS) is 10.9. The molecule has 0 unspecified atom stereocenters. The molecule has 0 heterocycles. The van der Waals surface area contributed by atoms with E-state index in [-0.39, 0.29) is 6.03 Å². The summed E-state index contributed by atoms with van der Waals surface area (Å²) in [7, 11) is 3.28. The molecule has 0 aliphatic heterocycles. The van der Waals surface area contributed by atoms with Crippen LogP contribution in [0.1, 0.15) is 0 Å². The Labute approximate surface area is 160 Å². The third-order valence-corrected chi connectivity index (χ3v) is 4.47. The number of benzene rings is 2. The van der Waals surface area contributed by atoms with Gasteiger partial charge < -0.3 is 4.90 Å². The average Bonchev–Trinajstić information content (AvgIpc) is 2.53. The predicted octanol–water partition coefficient (Wildman–Crippen LogP) is 6.15. The van der Waals surface area contributed by atoms with Crippen LogP contribution in [-0.2, 0) is 0 Å².